The molecule has 4 heterocycles. The van der Waals surface area contributed by atoms with Crippen molar-refractivity contribution >= 4 is 34.9 Å². The summed E-state index contributed by atoms with van der Waals surface area (Å²) in [6.07, 6.45) is 1.76. The van der Waals surface area contributed by atoms with Crippen molar-refractivity contribution in [3.63, 3.8) is 0 Å². The Bertz CT molecular complexity index is 1090. The maximum Gasteiger partial charge on any atom is 0.232 e. The van der Waals surface area contributed by atoms with Gasteiger partial charge in [-0.05, 0) is 31.3 Å². The number of anilines is 1. The molecular weight excluding hydrogens is 409 g/mol. The van der Waals surface area contributed by atoms with Gasteiger partial charge in [-0.2, -0.15) is 0 Å². The lowest BCUT2D eigenvalue weighted by Gasteiger charge is -2.33. The highest BCUT2D eigenvalue weighted by molar-refractivity contribution is 6.44. The van der Waals surface area contributed by atoms with Gasteiger partial charge in [0.2, 0.25) is 5.95 Å². The minimum atomic E-state index is 0.384. The summed E-state index contributed by atoms with van der Waals surface area (Å²) in [5, 5.41) is 9.87. The van der Waals surface area contributed by atoms with Gasteiger partial charge in [0.05, 0.1) is 27.1 Å². The molecule has 0 spiro atoms. The average molecular weight is 428 g/mol. The van der Waals surface area contributed by atoms with E-state index in [1.54, 1.807) is 12.3 Å². The maximum absolute atomic E-state index is 6.74. The van der Waals surface area contributed by atoms with E-state index in [4.69, 9.17) is 28.2 Å². The largest absolute Gasteiger partial charge is 0.338 e. The number of halogens is 2. The molecule has 9 heteroatoms. The van der Waals surface area contributed by atoms with Crippen LogP contribution in [0.4, 0.5) is 5.95 Å². The van der Waals surface area contributed by atoms with Crippen LogP contribution in [0.2, 0.25) is 10.0 Å². The Morgan fingerprint density at radius 2 is 1.79 bits per heavy atom. The molecule has 0 atom stereocenters. The Balaban J connectivity index is 1.70. The SMILES string of the molecule is CN1CCN(c2nnc3n2-c2c(ccc(Cl)c2Cl)C(c2ccccn2)=NC3)CC1. The summed E-state index contributed by atoms with van der Waals surface area (Å²) in [7, 11) is 2.13. The summed E-state index contributed by atoms with van der Waals surface area (Å²) in [6.45, 7) is 4.06. The summed E-state index contributed by atoms with van der Waals surface area (Å²) in [4.78, 5) is 13.9. The number of fused-ring (bicyclic) bond motifs is 3. The molecule has 0 radical (unpaired) electrons. The number of benzene rings is 1. The molecule has 148 valence electrons. The second kappa shape index (κ2) is 7.40. The number of hydrogen-bond donors (Lipinski definition) is 0. The standard InChI is InChI=1S/C20H19Cl2N7/c1-27-8-10-28(11-9-27)20-26-25-16-12-24-18(15-4-2-3-7-23-15)13-5-6-14(21)17(22)19(13)29(16)20/h2-7H,8-12H2,1H3. The van der Waals surface area contributed by atoms with Crippen LogP contribution in [0.3, 0.4) is 0 Å². The minimum Gasteiger partial charge on any atom is -0.338 e. The van der Waals surface area contributed by atoms with Gasteiger partial charge in [0, 0.05) is 37.9 Å². The zero-order valence-electron chi connectivity index (χ0n) is 15.9. The van der Waals surface area contributed by atoms with Crippen molar-refractivity contribution < 1.29 is 0 Å². The van der Waals surface area contributed by atoms with Crippen LogP contribution in [0.5, 0.6) is 0 Å². The highest BCUT2D eigenvalue weighted by atomic mass is 35.5. The second-order valence-corrected chi connectivity index (χ2v) is 7.96. The highest BCUT2D eigenvalue weighted by Crippen LogP contribution is 2.37. The Morgan fingerprint density at radius 3 is 2.55 bits per heavy atom. The lowest BCUT2D eigenvalue weighted by Crippen LogP contribution is -2.45. The fraction of sp³-hybridized carbons (Fsp3) is 0.300. The maximum atomic E-state index is 6.74. The van der Waals surface area contributed by atoms with Crippen LogP contribution in [0.1, 0.15) is 17.1 Å². The van der Waals surface area contributed by atoms with Gasteiger partial charge in [0.1, 0.15) is 6.54 Å². The molecule has 0 bridgehead atoms. The summed E-state index contributed by atoms with van der Waals surface area (Å²) in [5.74, 6) is 1.51. The van der Waals surface area contributed by atoms with Gasteiger partial charge in [0.25, 0.3) is 0 Å². The number of aromatic nitrogens is 4. The predicted molar refractivity (Wildman–Crippen MR) is 115 cm³/mol. The van der Waals surface area contributed by atoms with Crippen LogP contribution in [-0.2, 0) is 6.54 Å². The molecule has 1 saturated heterocycles. The molecule has 0 saturated carbocycles. The number of nitrogens with zero attached hydrogens (tertiary/aromatic N) is 7. The molecule has 0 aliphatic carbocycles. The molecule has 1 fully saturated rings. The summed E-state index contributed by atoms with van der Waals surface area (Å²) in [5.41, 5.74) is 3.18. The third kappa shape index (κ3) is 3.19. The van der Waals surface area contributed by atoms with Crippen molar-refractivity contribution in [1.82, 2.24) is 24.6 Å². The normalized spacial score (nSPS) is 16.8. The number of piperazine rings is 1. The van der Waals surface area contributed by atoms with Gasteiger partial charge in [-0.3, -0.25) is 14.5 Å². The smallest absolute Gasteiger partial charge is 0.232 e. The molecule has 2 aliphatic heterocycles. The lowest BCUT2D eigenvalue weighted by molar-refractivity contribution is 0.310. The zero-order chi connectivity index (χ0) is 20.0. The van der Waals surface area contributed by atoms with Gasteiger partial charge in [-0.15, -0.1) is 10.2 Å². The molecule has 7 nitrogen and oxygen atoms in total. The number of rotatable bonds is 2. The summed E-state index contributed by atoms with van der Waals surface area (Å²) < 4.78 is 2.01. The Hall–Kier alpha value is -2.48. The van der Waals surface area contributed by atoms with Crippen molar-refractivity contribution in [2.45, 2.75) is 6.54 Å². The van der Waals surface area contributed by atoms with E-state index in [0.29, 0.717) is 16.6 Å². The molecule has 0 N–H and O–H groups in total. The molecule has 0 amide bonds. The molecular formula is C20H19Cl2N7. The van der Waals surface area contributed by atoms with E-state index in [1.165, 1.54) is 0 Å². The first-order chi connectivity index (χ1) is 14.1. The van der Waals surface area contributed by atoms with E-state index in [-0.39, 0.29) is 0 Å². The number of hydrogen-bond acceptors (Lipinski definition) is 6. The van der Waals surface area contributed by atoms with Gasteiger partial charge >= 0.3 is 0 Å². The first kappa shape index (κ1) is 18.5. The molecule has 1 aromatic carbocycles. The van der Waals surface area contributed by atoms with Crippen molar-refractivity contribution in [2.24, 2.45) is 4.99 Å². The topological polar surface area (TPSA) is 62.4 Å². The van der Waals surface area contributed by atoms with Crippen LogP contribution >= 0.6 is 23.2 Å². The zero-order valence-corrected chi connectivity index (χ0v) is 17.4. The minimum absolute atomic E-state index is 0.384. The van der Waals surface area contributed by atoms with E-state index in [0.717, 1.165) is 60.6 Å². The first-order valence-electron chi connectivity index (χ1n) is 9.46. The fourth-order valence-corrected chi connectivity index (χ4v) is 4.16. The number of likely N-dealkylation sites (N-methyl/N-ethyl adjacent to an activating group) is 1. The van der Waals surface area contributed by atoms with Crippen molar-refractivity contribution in [2.75, 3.05) is 38.1 Å². The van der Waals surface area contributed by atoms with E-state index >= 15 is 0 Å². The Labute approximate surface area is 178 Å². The van der Waals surface area contributed by atoms with E-state index in [1.807, 2.05) is 28.8 Å². The number of aliphatic imine (C=N–C) groups is 1. The average Bonchev–Trinajstić information content (AvgIpc) is 3.08. The van der Waals surface area contributed by atoms with Crippen molar-refractivity contribution in [3.8, 4) is 5.69 Å². The Kier molecular flexibility index (Phi) is 4.73. The van der Waals surface area contributed by atoms with Gasteiger partial charge in [-0.25, -0.2) is 0 Å². The van der Waals surface area contributed by atoms with Crippen LogP contribution < -0.4 is 4.90 Å². The van der Waals surface area contributed by atoms with E-state index in [9.17, 15) is 0 Å². The van der Waals surface area contributed by atoms with Crippen LogP contribution in [0, 0.1) is 0 Å². The van der Waals surface area contributed by atoms with Crippen LogP contribution in [0.15, 0.2) is 41.5 Å². The summed E-state index contributed by atoms with van der Waals surface area (Å²) >= 11 is 13.2. The van der Waals surface area contributed by atoms with Crippen LogP contribution in [-0.4, -0.2) is 63.6 Å². The molecule has 3 aromatic rings. The van der Waals surface area contributed by atoms with Crippen LogP contribution in [0.25, 0.3) is 5.69 Å². The van der Waals surface area contributed by atoms with Gasteiger partial charge < -0.3 is 9.80 Å². The van der Waals surface area contributed by atoms with E-state index in [2.05, 4.69) is 32.0 Å². The monoisotopic (exact) mass is 427 g/mol. The third-order valence-corrected chi connectivity index (χ3v) is 6.13. The second-order valence-electron chi connectivity index (χ2n) is 7.18. The molecule has 2 aliphatic rings. The molecule has 29 heavy (non-hydrogen) atoms. The Morgan fingerprint density at radius 1 is 0.966 bits per heavy atom. The van der Waals surface area contributed by atoms with Crippen molar-refractivity contribution in [1.29, 1.82) is 0 Å². The molecule has 5 rings (SSSR count). The van der Waals surface area contributed by atoms with E-state index < -0.39 is 0 Å². The third-order valence-electron chi connectivity index (χ3n) is 5.33. The number of pyridine rings is 1. The lowest BCUT2D eigenvalue weighted by atomic mass is 10.0. The summed E-state index contributed by atoms with van der Waals surface area (Å²) in [6, 6.07) is 9.52. The highest BCUT2D eigenvalue weighted by Gasteiger charge is 2.29. The van der Waals surface area contributed by atoms with Gasteiger partial charge in [0.15, 0.2) is 5.82 Å². The first-order valence-corrected chi connectivity index (χ1v) is 10.2. The van der Waals surface area contributed by atoms with Crippen molar-refractivity contribution in [3.05, 3.63) is 63.7 Å². The quantitative estimate of drug-likeness (QED) is 0.628. The predicted octanol–water partition coefficient (Wildman–Crippen LogP) is 3.07. The molecule has 0 unspecified atom stereocenters. The molecule has 2 aromatic heterocycles. The fourth-order valence-electron chi connectivity index (χ4n) is 3.76. The van der Waals surface area contributed by atoms with Gasteiger partial charge in [-0.1, -0.05) is 29.3 Å².